The predicted molar refractivity (Wildman–Crippen MR) is 111 cm³/mol. The molecule has 0 saturated heterocycles. The molecule has 2 aromatic carbocycles. The van der Waals surface area contributed by atoms with Gasteiger partial charge in [0.1, 0.15) is 11.5 Å². The smallest absolute Gasteiger partial charge is 0.496 e. The van der Waals surface area contributed by atoms with Gasteiger partial charge in [0.25, 0.3) is 0 Å². The van der Waals surface area contributed by atoms with Crippen LogP contribution in [-0.2, 0) is 14.8 Å². The Hall–Kier alpha value is -2.79. The van der Waals surface area contributed by atoms with Gasteiger partial charge in [0, 0.05) is 17.7 Å². The van der Waals surface area contributed by atoms with Crippen LogP contribution in [0.25, 0.3) is 0 Å². The molecular weight excluding hydrogens is 449 g/mol. The number of nitrogens with two attached hydrogens (primary N) is 1. The molecule has 0 aliphatic heterocycles. The number of alkyl halides is 3. The van der Waals surface area contributed by atoms with E-state index in [1.54, 1.807) is 6.07 Å². The Bertz CT molecular complexity index is 1090. The number of benzene rings is 2. The average Bonchev–Trinajstić information content (AvgIpc) is 2.72. The van der Waals surface area contributed by atoms with Crippen LogP contribution in [0, 0.1) is 5.92 Å². The summed E-state index contributed by atoms with van der Waals surface area (Å²) in [6.07, 6.45) is -1.96. The molecule has 1 aliphatic rings. The number of hydrogen-bond acceptors (Lipinski definition) is 5. The molecule has 0 aromatic heterocycles. The number of anilines is 1. The van der Waals surface area contributed by atoms with Crippen LogP contribution in [0.4, 0.5) is 18.9 Å². The van der Waals surface area contributed by atoms with Crippen LogP contribution in [0.5, 0.6) is 11.5 Å². The fraction of sp³-hybridized carbons (Fsp3) is 0.381. The normalized spacial score (nSPS) is 19.3. The van der Waals surface area contributed by atoms with Gasteiger partial charge in [-0.3, -0.25) is 4.79 Å². The van der Waals surface area contributed by atoms with Crippen molar-refractivity contribution in [2.45, 2.75) is 42.9 Å². The summed E-state index contributed by atoms with van der Waals surface area (Å²) in [5, 5.41) is 7.88. The number of hydrogen-bond donors (Lipinski definition) is 2. The molecule has 1 amide bonds. The molecule has 0 heterocycles. The van der Waals surface area contributed by atoms with Gasteiger partial charge in [-0.2, -0.15) is 0 Å². The average molecular weight is 472 g/mol. The van der Waals surface area contributed by atoms with Gasteiger partial charge in [-0.1, -0.05) is 25.0 Å². The summed E-state index contributed by atoms with van der Waals surface area (Å²) in [5.74, 6) is -1.30. The summed E-state index contributed by atoms with van der Waals surface area (Å²) in [5.41, 5.74) is 0.895. The summed E-state index contributed by atoms with van der Waals surface area (Å²) in [4.78, 5) is 12.9. The molecular formula is C21H23F3N2O5S. The van der Waals surface area contributed by atoms with Crippen LogP contribution >= 0.6 is 0 Å². The lowest BCUT2D eigenvalue weighted by Gasteiger charge is -2.32. The van der Waals surface area contributed by atoms with E-state index in [1.165, 1.54) is 37.4 Å². The van der Waals surface area contributed by atoms with E-state index in [0.717, 1.165) is 18.9 Å². The van der Waals surface area contributed by atoms with Crippen LogP contribution in [0.2, 0.25) is 0 Å². The second-order valence-electron chi connectivity index (χ2n) is 7.51. The molecule has 1 fully saturated rings. The second-order valence-corrected chi connectivity index (χ2v) is 9.07. The number of carbonyl (C=O) groups is 1. The summed E-state index contributed by atoms with van der Waals surface area (Å²) in [6.45, 7) is 0. The minimum atomic E-state index is -4.83. The number of methoxy groups -OCH3 is 1. The van der Waals surface area contributed by atoms with E-state index in [0.29, 0.717) is 18.4 Å². The largest absolute Gasteiger partial charge is 0.573 e. The highest BCUT2D eigenvalue weighted by molar-refractivity contribution is 7.89. The van der Waals surface area contributed by atoms with E-state index in [9.17, 15) is 26.4 Å². The number of ether oxygens (including phenoxy) is 2. The van der Waals surface area contributed by atoms with E-state index in [-0.39, 0.29) is 28.2 Å². The number of halogens is 3. The molecule has 0 spiro atoms. The van der Waals surface area contributed by atoms with Crippen LogP contribution in [0.3, 0.4) is 0 Å². The Morgan fingerprint density at radius 2 is 1.84 bits per heavy atom. The van der Waals surface area contributed by atoms with Crippen molar-refractivity contribution < 1.29 is 35.9 Å². The fourth-order valence-electron chi connectivity index (χ4n) is 4.00. The zero-order chi connectivity index (χ0) is 23.5. The lowest BCUT2D eigenvalue weighted by atomic mass is 9.74. The Morgan fingerprint density at radius 3 is 2.50 bits per heavy atom. The molecule has 0 radical (unpaired) electrons. The lowest BCUT2D eigenvalue weighted by molar-refractivity contribution is -0.274. The maximum Gasteiger partial charge on any atom is 0.573 e. The highest BCUT2D eigenvalue weighted by Gasteiger charge is 2.35. The van der Waals surface area contributed by atoms with Crippen molar-refractivity contribution in [2.75, 3.05) is 12.4 Å². The summed E-state index contributed by atoms with van der Waals surface area (Å²) in [6, 6.07) is 9.45. The molecule has 11 heteroatoms. The first-order valence-electron chi connectivity index (χ1n) is 9.85. The first kappa shape index (κ1) is 23.9. The van der Waals surface area contributed by atoms with Gasteiger partial charge >= 0.3 is 6.36 Å². The van der Waals surface area contributed by atoms with Crippen molar-refractivity contribution in [3.8, 4) is 11.5 Å². The fourth-order valence-corrected chi connectivity index (χ4v) is 4.56. The maximum atomic E-state index is 13.1. The van der Waals surface area contributed by atoms with Gasteiger partial charge in [-0.25, -0.2) is 13.6 Å². The van der Waals surface area contributed by atoms with Crippen molar-refractivity contribution in [1.29, 1.82) is 0 Å². The molecule has 174 valence electrons. The summed E-state index contributed by atoms with van der Waals surface area (Å²) < 4.78 is 70.0. The molecule has 2 aromatic rings. The van der Waals surface area contributed by atoms with E-state index in [2.05, 4.69) is 10.1 Å². The Morgan fingerprint density at radius 1 is 1.12 bits per heavy atom. The third-order valence-electron chi connectivity index (χ3n) is 5.37. The SMILES string of the molecule is COc1cc(OC(F)(F)F)ccc1[C@@H]1CCCCC1C(=O)Nc1cccc(S(N)(=O)=O)c1. The number of primary sulfonamides is 1. The van der Waals surface area contributed by atoms with E-state index < -0.39 is 28.1 Å². The van der Waals surface area contributed by atoms with Gasteiger partial charge < -0.3 is 14.8 Å². The van der Waals surface area contributed by atoms with E-state index in [4.69, 9.17) is 9.88 Å². The van der Waals surface area contributed by atoms with E-state index >= 15 is 0 Å². The predicted octanol–water partition coefficient (Wildman–Crippen LogP) is 4.15. The third kappa shape index (κ3) is 5.92. The first-order chi connectivity index (χ1) is 15.0. The highest BCUT2D eigenvalue weighted by Crippen LogP contribution is 2.43. The van der Waals surface area contributed by atoms with Crippen molar-refractivity contribution in [2.24, 2.45) is 11.1 Å². The monoisotopic (exact) mass is 472 g/mol. The Labute approximate surface area is 183 Å². The number of amides is 1. The molecule has 32 heavy (non-hydrogen) atoms. The molecule has 1 unspecified atom stereocenters. The van der Waals surface area contributed by atoms with Gasteiger partial charge in [0.15, 0.2) is 0 Å². The zero-order valence-electron chi connectivity index (χ0n) is 17.2. The lowest BCUT2D eigenvalue weighted by Crippen LogP contribution is -2.31. The minimum absolute atomic E-state index is 0.127. The maximum absolute atomic E-state index is 13.1. The Kier molecular flexibility index (Phi) is 6.99. The van der Waals surface area contributed by atoms with Crippen molar-refractivity contribution in [3.05, 3.63) is 48.0 Å². The molecule has 3 rings (SSSR count). The number of rotatable bonds is 6. The number of sulfonamides is 1. The van der Waals surface area contributed by atoms with Gasteiger partial charge in [-0.15, -0.1) is 13.2 Å². The summed E-state index contributed by atoms with van der Waals surface area (Å²) in [7, 11) is -2.59. The van der Waals surface area contributed by atoms with Gasteiger partial charge in [0.05, 0.1) is 12.0 Å². The van der Waals surface area contributed by atoms with Gasteiger partial charge in [0.2, 0.25) is 15.9 Å². The molecule has 1 saturated carbocycles. The second kappa shape index (κ2) is 9.37. The van der Waals surface area contributed by atoms with Crippen molar-refractivity contribution in [1.82, 2.24) is 0 Å². The molecule has 3 N–H and O–H groups in total. The minimum Gasteiger partial charge on any atom is -0.496 e. The van der Waals surface area contributed by atoms with E-state index in [1.807, 2.05) is 0 Å². The quantitative estimate of drug-likeness (QED) is 0.657. The molecule has 0 bridgehead atoms. The van der Waals surface area contributed by atoms with Crippen molar-refractivity contribution in [3.63, 3.8) is 0 Å². The molecule has 7 nitrogen and oxygen atoms in total. The summed E-state index contributed by atoms with van der Waals surface area (Å²) >= 11 is 0. The standard InChI is InChI=1S/C21H23F3N2O5S/c1-30-19-12-14(31-21(22,23)24)9-10-17(19)16-7-2-3-8-18(16)20(27)26-13-5-4-6-15(11-13)32(25,28)29/h4-6,9-12,16,18H,2-3,7-8H2,1H3,(H,26,27)(H2,25,28,29)/t16-,18?/m0/s1. The third-order valence-corrected chi connectivity index (χ3v) is 6.28. The Balaban J connectivity index is 1.85. The van der Waals surface area contributed by atoms with Crippen LogP contribution in [0.15, 0.2) is 47.4 Å². The first-order valence-corrected chi connectivity index (χ1v) is 11.4. The number of nitrogens with one attached hydrogen (secondary N) is 1. The molecule has 2 atom stereocenters. The van der Waals surface area contributed by atoms with Crippen molar-refractivity contribution >= 4 is 21.6 Å². The molecule has 1 aliphatic carbocycles. The highest BCUT2D eigenvalue weighted by atomic mass is 32.2. The topological polar surface area (TPSA) is 108 Å². The van der Waals surface area contributed by atoms with Gasteiger partial charge in [-0.05, 0) is 48.6 Å². The van der Waals surface area contributed by atoms with Crippen LogP contribution in [-0.4, -0.2) is 27.8 Å². The zero-order valence-corrected chi connectivity index (χ0v) is 18.0. The number of carbonyl (C=O) groups excluding carboxylic acids is 1. The van der Waals surface area contributed by atoms with Crippen LogP contribution in [0.1, 0.15) is 37.2 Å². The van der Waals surface area contributed by atoms with Crippen LogP contribution < -0.4 is 19.9 Å².